The maximum atomic E-state index is 12.6. The highest BCUT2D eigenvalue weighted by molar-refractivity contribution is 6.30. The minimum absolute atomic E-state index is 0.0784. The monoisotopic (exact) mass is 397 g/mol. The van der Waals surface area contributed by atoms with Gasteiger partial charge in [-0.25, -0.2) is 0 Å². The molecule has 144 valence electrons. The summed E-state index contributed by atoms with van der Waals surface area (Å²) in [6, 6.07) is 17.2. The number of halogens is 1. The van der Waals surface area contributed by atoms with E-state index < -0.39 is 0 Å². The normalized spacial score (nSPS) is 11.6. The number of hydrogen-bond donors (Lipinski definition) is 3. The Morgan fingerprint density at radius 2 is 1.75 bits per heavy atom. The third kappa shape index (κ3) is 5.22. The average Bonchev–Trinajstić information content (AvgIpc) is 3.23. The van der Waals surface area contributed by atoms with E-state index in [2.05, 4.69) is 16.0 Å². The van der Waals surface area contributed by atoms with E-state index in [9.17, 15) is 9.59 Å². The molecule has 1 aromatic heterocycles. The van der Waals surface area contributed by atoms with E-state index in [0.29, 0.717) is 22.0 Å². The van der Waals surface area contributed by atoms with E-state index in [-0.39, 0.29) is 24.4 Å². The zero-order chi connectivity index (χ0) is 19.9. The Labute approximate surface area is 167 Å². The van der Waals surface area contributed by atoms with Crippen molar-refractivity contribution in [2.24, 2.45) is 0 Å². The first kappa shape index (κ1) is 19.7. The van der Waals surface area contributed by atoms with Crippen LogP contribution in [-0.4, -0.2) is 18.4 Å². The lowest BCUT2D eigenvalue weighted by atomic mass is 10.1. The largest absolute Gasteiger partial charge is 0.468 e. The summed E-state index contributed by atoms with van der Waals surface area (Å²) in [4.78, 5) is 24.9. The van der Waals surface area contributed by atoms with Gasteiger partial charge in [0.25, 0.3) is 5.91 Å². The third-order valence-electron chi connectivity index (χ3n) is 4.09. The first-order valence-corrected chi connectivity index (χ1v) is 9.13. The molecule has 1 heterocycles. The van der Waals surface area contributed by atoms with Crippen LogP contribution >= 0.6 is 11.6 Å². The summed E-state index contributed by atoms with van der Waals surface area (Å²) >= 11 is 5.86. The van der Waals surface area contributed by atoms with Gasteiger partial charge in [0.05, 0.1) is 30.1 Å². The molecule has 7 heteroatoms. The maximum absolute atomic E-state index is 12.6. The number of carbonyl (C=O) groups is 2. The quantitative estimate of drug-likeness (QED) is 0.549. The van der Waals surface area contributed by atoms with Gasteiger partial charge in [-0.05, 0) is 55.5 Å². The first-order chi connectivity index (χ1) is 13.5. The van der Waals surface area contributed by atoms with Gasteiger partial charge in [0.15, 0.2) is 0 Å². The highest BCUT2D eigenvalue weighted by atomic mass is 35.5. The van der Waals surface area contributed by atoms with Gasteiger partial charge in [0.1, 0.15) is 5.76 Å². The molecule has 2 aromatic carbocycles. The Kier molecular flexibility index (Phi) is 6.47. The van der Waals surface area contributed by atoms with Crippen LogP contribution in [-0.2, 0) is 4.79 Å². The predicted octanol–water partition coefficient (Wildman–Crippen LogP) is 4.47. The van der Waals surface area contributed by atoms with Crippen LogP contribution < -0.4 is 16.0 Å². The lowest BCUT2D eigenvalue weighted by molar-refractivity contribution is -0.115. The van der Waals surface area contributed by atoms with Crippen LogP contribution in [0.2, 0.25) is 5.02 Å². The zero-order valence-electron chi connectivity index (χ0n) is 15.2. The molecule has 0 saturated carbocycles. The molecular formula is C21H20ClN3O3. The minimum atomic E-state index is -0.324. The molecule has 0 saturated heterocycles. The molecule has 0 unspecified atom stereocenters. The molecule has 0 radical (unpaired) electrons. The van der Waals surface area contributed by atoms with E-state index in [1.807, 2.05) is 13.0 Å². The van der Waals surface area contributed by atoms with Crippen LogP contribution in [0.4, 0.5) is 11.4 Å². The fourth-order valence-corrected chi connectivity index (χ4v) is 2.73. The van der Waals surface area contributed by atoms with Crippen molar-refractivity contribution >= 4 is 34.8 Å². The molecule has 0 spiro atoms. The van der Waals surface area contributed by atoms with E-state index in [4.69, 9.17) is 16.0 Å². The zero-order valence-corrected chi connectivity index (χ0v) is 16.0. The lowest BCUT2D eigenvalue weighted by Gasteiger charge is -2.14. The van der Waals surface area contributed by atoms with Crippen LogP contribution in [0, 0.1) is 0 Å². The van der Waals surface area contributed by atoms with Gasteiger partial charge in [-0.15, -0.1) is 0 Å². The standard InChI is InChI=1S/C21H20ClN3O3/c1-14(19-7-4-12-28-19)23-13-20(26)25-18-6-3-2-5-17(18)21(27)24-16-10-8-15(22)9-11-16/h2-12,14,23H,13H2,1H3,(H,24,27)(H,25,26)/t14-/m1/s1. The summed E-state index contributed by atoms with van der Waals surface area (Å²) in [7, 11) is 0. The van der Waals surface area contributed by atoms with Crippen LogP contribution in [0.5, 0.6) is 0 Å². The van der Waals surface area contributed by atoms with E-state index >= 15 is 0 Å². The smallest absolute Gasteiger partial charge is 0.257 e. The summed E-state index contributed by atoms with van der Waals surface area (Å²) in [5.74, 6) is 0.163. The SMILES string of the molecule is C[C@@H](NCC(=O)Nc1ccccc1C(=O)Nc1ccc(Cl)cc1)c1ccco1. The number of carbonyl (C=O) groups excluding carboxylic acids is 2. The lowest BCUT2D eigenvalue weighted by Crippen LogP contribution is -2.30. The number of benzene rings is 2. The fraction of sp³-hybridized carbons (Fsp3) is 0.143. The van der Waals surface area contributed by atoms with Crippen molar-refractivity contribution in [3.05, 3.63) is 83.3 Å². The van der Waals surface area contributed by atoms with Crippen LogP contribution in [0.25, 0.3) is 0 Å². The van der Waals surface area contributed by atoms with Crippen molar-refractivity contribution in [3.63, 3.8) is 0 Å². The minimum Gasteiger partial charge on any atom is -0.468 e. The van der Waals surface area contributed by atoms with Crippen molar-refractivity contribution in [1.29, 1.82) is 0 Å². The summed E-state index contributed by atoms with van der Waals surface area (Å²) in [6.07, 6.45) is 1.59. The molecule has 2 amide bonds. The highest BCUT2D eigenvalue weighted by Crippen LogP contribution is 2.19. The molecule has 28 heavy (non-hydrogen) atoms. The van der Waals surface area contributed by atoms with Crippen LogP contribution in [0.15, 0.2) is 71.3 Å². The van der Waals surface area contributed by atoms with Crippen molar-refractivity contribution < 1.29 is 14.0 Å². The second-order valence-corrected chi connectivity index (χ2v) is 6.61. The molecule has 1 atom stereocenters. The number of para-hydroxylation sites is 1. The van der Waals surface area contributed by atoms with Crippen molar-refractivity contribution in [2.75, 3.05) is 17.2 Å². The molecule has 3 rings (SSSR count). The Hall–Kier alpha value is -3.09. The second kappa shape index (κ2) is 9.21. The molecule has 0 aliphatic carbocycles. The van der Waals surface area contributed by atoms with Gasteiger partial charge >= 0.3 is 0 Å². The third-order valence-corrected chi connectivity index (χ3v) is 4.34. The molecule has 0 aliphatic rings. The first-order valence-electron chi connectivity index (χ1n) is 8.75. The predicted molar refractivity (Wildman–Crippen MR) is 110 cm³/mol. The van der Waals surface area contributed by atoms with Gasteiger partial charge in [-0.3, -0.25) is 14.9 Å². The highest BCUT2D eigenvalue weighted by Gasteiger charge is 2.15. The summed E-state index contributed by atoms with van der Waals surface area (Å²) in [5.41, 5.74) is 1.42. The average molecular weight is 398 g/mol. The summed E-state index contributed by atoms with van der Waals surface area (Å²) in [6.45, 7) is 1.98. The van der Waals surface area contributed by atoms with Crippen LogP contribution in [0.3, 0.4) is 0 Å². The molecule has 0 fully saturated rings. The molecule has 3 N–H and O–H groups in total. The van der Waals surface area contributed by atoms with Crippen molar-refractivity contribution in [3.8, 4) is 0 Å². The van der Waals surface area contributed by atoms with Gasteiger partial charge < -0.3 is 15.1 Å². The topological polar surface area (TPSA) is 83.4 Å². The molecule has 3 aromatic rings. The molecule has 6 nitrogen and oxygen atoms in total. The number of furan rings is 1. The summed E-state index contributed by atoms with van der Waals surface area (Å²) < 4.78 is 5.30. The Morgan fingerprint density at radius 3 is 2.46 bits per heavy atom. The van der Waals surface area contributed by atoms with Gasteiger partial charge in [0.2, 0.25) is 5.91 Å². The van der Waals surface area contributed by atoms with Crippen LogP contribution in [0.1, 0.15) is 29.1 Å². The number of nitrogens with one attached hydrogen (secondary N) is 3. The number of amides is 2. The van der Waals surface area contributed by atoms with Crippen molar-refractivity contribution in [2.45, 2.75) is 13.0 Å². The Bertz CT molecular complexity index is 940. The van der Waals surface area contributed by atoms with Crippen molar-refractivity contribution in [1.82, 2.24) is 5.32 Å². The number of hydrogen-bond acceptors (Lipinski definition) is 4. The molecule has 0 bridgehead atoms. The fourth-order valence-electron chi connectivity index (χ4n) is 2.60. The number of anilines is 2. The van der Waals surface area contributed by atoms with E-state index in [1.165, 1.54) is 0 Å². The summed E-state index contributed by atoms with van der Waals surface area (Å²) in [5, 5.41) is 9.23. The van der Waals surface area contributed by atoms with Gasteiger partial charge in [0, 0.05) is 10.7 Å². The Morgan fingerprint density at radius 1 is 1.00 bits per heavy atom. The number of rotatable bonds is 7. The van der Waals surface area contributed by atoms with E-state index in [1.54, 1.807) is 60.9 Å². The maximum Gasteiger partial charge on any atom is 0.257 e. The second-order valence-electron chi connectivity index (χ2n) is 6.17. The molecule has 0 aliphatic heterocycles. The molecular weight excluding hydrogens is 378 g/mol. The van der Waals surface area contributed by atoms with E-state index in [0.717, 1.165) is 5.76 Å². The van der Waals surface area contributed by atoms with Gasteiger partial charge in [-0.1, -0.05) is 23.7 Å². The Balaban J connectivity index is 1.62. The van der Waals surface area contributed by atoms with Gasteiger partial charge in [-0.2, -0.15) is 0 Å².